The van der Waals surface area contributed by atoms with Crippen molar-refractivity contribution in [3.05, 3.63) is 42.0 Å². The zero-order chi connectivity index (χ0) is 15.5. The second-order valence-corrected chi connectivity index (χ2v) is 5.82. The van der Waals surface area contributed by atoms with Crippen LogP contribution in [0.4, 0.5) is 5.69 Å². The summed E-state index contributed by atoms with van der Waals surface area (Å²) in [4.78, 5) is 11.9. The summed E-state index contributed by atoms with van der Waals surface area (Å²) < 4.78 is 0. The highest BCUT2D eigenvalue weighted by Gasteiger charge is 2.04. The second-order valence-electron chi connectivity index (χ2n) is 5.82. The number of hydrogen-bond acceptors (Lipinski definition) is 1. The van der Waals surface area contributed by atoms with Gasteiger partial charge in [0.25, 0.3) is 0 Å². The number of carbonyl (C=O) groups is 1. The van der Waals surface area contributed by atoms with E-state index in [9.17, 15) is 4.79 Å². The Labute approximate surface area is 129 Å². The largest absolute Gasteiger partial charge is 0.326 e. The highest BCUT2D eigenvalue weighted by atomic mass is 16.1. The van der Waals surface area contributed by atoms with Gasteiger partial charge in [-0.15, -0.1) is 6.58 Å². The Bertz CT molecular complexity index is 451. The van der Waals surface area contributed by atoms with Crippen molar-refractivity contribution >= 4 is 11.6 Å². The van der Waals surface area contributed by atoms with Crippen LogP contribution in [0.25, 0.3) is 0 Å². The van der Waals surface area contributed by atoms with Crippen molar-refractivity contribution in [3.8, 4) is 0 Å². The Balaban J connectivity index is 2.14. The van der Waals surface area contributed by atoms with Crippen molar-refractivity contribution in [1.82, 2.24) is 0 Å². The van der Waals surface area contributed by atoms with Crippen LogP contribution in [0.2, 0.25) is 0 Å². The van der Waals surface area contributed by atoms with Crippen LogP contribution in [0, 0.1) is 13.8 Å². The molecule has 21 heavy (non-hydrogen) atoms. The molecule has 1 rings (SSSR count). The average molecular weight is 287 g/mol. The SMILES string of the molecule is C=CCCCCCCCCC(=O)Nc1cc(C)ccc1C. The monoisotopic (exact) mass is 287 g/mol. The summed E-state index contributed by atoms with van der Waals surface area (Å²) in [6.07, 6.45) is 10.9. The molecule has 0 aromatic heterocycles. The summed E-state index contributed by atoms with van der Waals surface area (Å²) >= 11 is 0. The molecule has 0 aliphatic carbocycles. The molecule has 0 atom stereocenters. The minimum Gasteiger partial charge on any atom is -0.326 e. The predicted molar refractivity (Wildman–Crippen MR) is 91.7 cm³/mol. The van der Waals surface area contributed by atoms with Crippen molar-refractivity contribution in [2.45, 2.75) is 65.2 Å². The molecule has 0 unspecified atom stereocenters. The van der Waals surface area contributed by atoms with Crippen LogP contribution in [-0.4, -0.2) is 5.91 Å². The standard InChI is InChI=1S/C19H29NO/c1-4-5-6-7-8-9-10-11-12-19(21)20-18-15-16(2)13-14-17(18)3/h4,13-15H,1,5-12H2,2-3H3,(H,20,21). The van der Waals surface area contributed by atoms with Gasteiger partial charge >= 0.3 is 0 Å². The Morgan fingerprint density at radius 3 is 2.48 bits per heavy atom. The summed E-state index contributed by atoms with van der Waals surface area (Å²) in [7, 11) is 0. The topological polar surface area (TPSA) is 29.1 Å². The van der Waals surface area contributed by atoms with E-state index in [2.05, 4.69) is 18.0 Å². The van der Waals surface area contributed by atoms with E-state index in [1.165, 1.54) is 31.2 Å². The van der Waals surface area contributed by atoms with E-state index in [4.69, 9.17) is 0 Å². The van der Waals surface area contributed by atoms with Gasteiger partial charge in [0.05, 0.1) is 0 Å². The summed E-state index contributed by atoms with van der Waals surface area (Å²) in [6.45, 7) is 7.80. The Morgan fingerprint density at radius 1 is 1.10 bits per heavy atom. The third-order valence-corrected chi connectivity index (χ3v) is 3.73. The molecule has 0 radical (unpaired) electrons. The predicted octanol–water partition coefficient (Wildman–Crippen LogP) is 5.55. The van der Waals surface area contributed by atoms with Gasteiger partial charge in [0.2, 0.25) is 5.91 Å². The van der Waals surface area contributed by atoms with Crippen LogP contribution in [0.1, 0.15) is 62.5 Å². The fraction of sp³-hybridized carbons (Fsp3) is 0.526. The third kappa shape index (κ3) is 7.69. The quantitative estimate of drug-likeness (QED) is 0.443. The molecule has 1 N–H and O–H groups in total. The molecule has 0 aliphatic rings. The van der Waals surface area contributed by atoms with Gasteiger partial charge in [-0.1, -0.05) is 43.9 Å². The van der Waals surface area contributed by atoms with Gasteiger partial charge in [0.15, 0.2) is 0 Å². The van der Waals surface area contributed by atoms with Crippen LogP contribution in [0.5, 0.6) is 0 Å². The van der Waals surface area contributed by atoms with Crippen molar-refractivity contribution in [1.29, 1.82) is 0 Å². The van der Waals surface area contributed by atoms with Crippen molar-refractivity contribution < 1.29 is 4.79 Å². The average Bonchev–Trinajstić information content (AvgIpc) is 2.46. The van der Waals surface area contributed by atoms with Crippen molar-refractivity contribution in [2.75, 3.05) is 5.32 Å². The van der Waals surface area contributed by atoms with Gasteiger partial charge in [-0.05, 0) is 50.3 Å². The van der Waals surface area contributed by atoms with Crippen LogP contribution >= 0.6 is 0 Å². The Kier molecular flexibility index (Phi) is 8.49. The van der Waals surface area contributed by atoms with Gasteiger partial charge < -0.3 is 5.32 Å². The summed E-state index contributed by atoms with van der Waals surface area (Å²) in [5.74, 6) is 0.135. The first-order chi connectivity index (χ1) is 10.1. The lowest BCUT2D eigenvalue weighted by Crippen LogP contribution is -2.12. The first kappa shape index (κ1) is 17.5. The number of hydrogen-bond donors (Lipinski definition) is 1. The van der Waals surface area contributed by atoms with Crippen LogP contribution in [0.3, 0.4) is 0 Å². The minimum atomic E-state index is 0.135. The van der Waals surface area contributed by atoms with Crippen molar-refractivity contribution in [3.63, 3.8) is 0 Å². The van der Waals surface area contributed by atoms with Crippen LogP contribution in [-0.2, 0) is 4.79 Å². The van der Waals surface area contributed by atoms with E-state index in [1.807, 2.05) is 32.1 Å². The Hall–Kier alpha value is -1.57. The molecule has 0 aliphatic heterocycles. The fourth-order valence-electron chi connectivity index (χ4n) is 2.36. The molecule has 2 heteroatoms. The number of nitrogens with one attached hydrogen (secondary N) is 1. The lowest BCUT2D eigenvalue weighted by Gasteiger charge is -2.09. The maximum Gasteiger partial charge on any atom is 0.224 e. The molecule has 0 saturated heterocycles. The number of carbonyl (C=O) groups excluding carboxylic acids is 1. The number of rotatable bonds is 10. The van der Waals surface area contributed by atoms with Gasteiger partial charge in [0.1, 0.15) is 0 Å². The molecule has 1 amide bonds. The van der Waals surface area contributed by atoms with E-state index in [0.29, 0.717) is 6.42 Å². The minimum absolute atomic E-state index is 0.135. The zero-order valence-corrected chi connectivity index (χ0v) is 13.6. The molecule has 1 aromatic carbocycles. The third-order valence-electron chi connectivity index (χ3n) is 3.73. The molecular formula is C19H29NO. The van der Waals surface area contributed by atoms with Crippen molar-refractivity contribution in [2.24, 2.45) is 0 Å². The van der Waals surface area contributed by atoms with E-state index in [0.717, 1.165) is 30.5 Å². The van der Waals surface area contributed by atoms with Gasteiger partial charge in [-0.2, -0.15) is 0 Å². The lowest BCUT2D eigenvalue weighted by molar-refractivity contribution is -0.116. The summed E-state index contributed by atoms with van der Waals surface area (Å²) in [5.41, 5.74) is 3.25. The molecule has 0 saturated carbocycles. The second kappa shape index (κ2) is 10.2. The lowest BCUT2D eigenvalue weighted by atomic mass is 10.1. The normalized spacial score (nSPS) is 10.4. The van der Waals surface area contributed by atoms with Gasteiger partial charge in [-0.25, -0.2) is 0 Å². The number of allylic oxidation sites excluding steroid dienone is 1. The number of amides is 1. The molecular weight excluding hydrogens is 258 g/mol. The van der Waals surface area contributed by atoms with Gasteiger partial charge in [0, 0.05) is 12.1 Å². The molecule has 0 fully saturated rings. The molecule has 1 aromatic rings. The smallest absolute Gasteiger partial charge is 0.224 e. The molecule has 0 heterocycles. The fourth-order valence-corrected chi connectivity index (χ4v) is 2.36. The van der Waals surface area contributed by atoms with Crippen LogP contribution in [0.15, 0.2) is 30.9 Å². The molecule has 0 bridgehead atoms. The maximum atomic E-state index is 11.9. The number of anilines is 1. The number of unbranched alkanes of at least 4 members (excludes halogenated alkanes) is 6. The Morgan fingerprint density at radius 2 is 1.76 bits per heavy atom. The molecule has 116 valence electrons. The summed E-state index contributed by atoms with van der Waals surface area (Å²) in [6, 6.07) is 6.15. The molecule has 0 spiro atoms. The first-order valence-electron chi connectivity index (χ1n) is 8.11. The van der Waals surface area contributed by atoms with E-state index in [-0.39, 0.29) is 5.91 Å². The van der Waals surface area contributed by atoms with Gasteiger partial charge in [-0.3, -0.25) is 4.79 Å². The van der Waals surface area contributed by atoms with E-state index in [1.54, 1.807) is 0 Å². The maximum absolute atomic E-state index is 11.9. The summed E-state index contributed by atoms with van der Waals surface area (Å²) in [5, 5.41) is 3.02. The number of aryl methyl sites for hydroxylation is 2. The highest BCUT2D eigenvalue weighted by Crippen LogP contribution is 2.17. The number of benzene rings is 1. The zero-order valence-electron chi connectivity index (χ0n) is 13.6. The van der Waals surface area contributed by atoms with E-state index >= 15 is 0 Å². The van der Waals surface area contributed by atoms with Crippen LogP contribution < -0.4 is 5.32 Å². The first-order valence-corrected chi connectivity index (χ1v) is 8.11. The van der Waals surface area contributed by atoms with E-state index < -0.39 is 0 Å². The highest BCUT2D eigenvalue weighted by molar-refractivity contribution is 5.91. The molecule has 2 nitrogen and oxygen atoms in total.